The molecule has 9 nitrogen and oxygen atoms in total. The lowest BCUT2D eigenvalue weighted by Gasteiger charge is -2.12. The normalized spacial score (nSPS) is 11.3. The number of hydrazone groups is 1. The molecule has 0 aliphatic rings. The van der Waals surface area contributed by atoms with Crippen LogP contribution in [0.15, 0.2) is 99.6 Å². The summed E-state index contributed by atoms with van der Waals surface area (Å²) in [5.41, 5.74) is 6.66. The third-order valence-electron chi connectivity index (χ3n) is 6.39. The molecule has 0 aliphatic carbocycles. The van der Waals surface area contributed by atoms with E-state index in [4.69, 9.17) is 0 Å². The lowest BCUT2D eigenvalue weighted by molar-refractivity contribution is 0.653. The molecule has 0 saturated heterocycles. The number of rotatable bonds is 8. The Kier molecular flexibility index (Phi) is 6.90. The van der Waals surface area contributed by atoms with Crippen molar-refractivity contribution in [1.29, 1.82) is 0 Å². The molecular formula is C29H29N7O2. The molecule has 0 radical (unpaired) electrons. The van der Waals surface area contributed by atoms with Gasteiger partial charge in [0.1, 0.15) is 0 Å². The highest BCUT2D eigenvalue weighted by Crippen LogP contribution is 2.18. The highest BCUT2D eigenvalue weighted by atomic mass is 16.2. The molecular weight excluding hydrogens is 478 g/mol. The Hall–Kier alpha value is -4.92. The van der Waals surface area contributed by atoms with Crippen LogP contribution < -0.4 is 21.6 Å². The van der Waals surface area contributed by atoms with Crippen molar-refractivity contribution < 1.29 is 0 Å². The monoisotopic (exact) mass is 507 g/mol. The Morgan fingerprint density at radius 2 is 1.42 bits per heavy atom. The summed E-state index contributed by atoms with van der Waals surface area (Å²) in [6, 6.07) is 27.2. The van der Waals surface area contributed by atoms with Gasteiger partial charge < -0.3 is 4.90 Å². The number of hydrogen-bond acceptors (Lipinski definition) is 6. The number of nitrogens with one attached hydrogen (secondary N) is 1. The second-order valence-electron chi connectivity index (χ2n) is 9.25. The van der Waals surface area contributed by atoms with E-state index in [0.717, 1.165) is 22.4 Å². The first-order valence-electron chi connectivity index (χ1n) is 12.3. The number of imidazole rings is 1. The van der Waals surface area contributed by atoms with Crippen LogP contribution in [-0.4, -0.2) is 39.0 Å². The molecule has 0 spiro atoms. The van der Waals surface area contributed by atoms with Crippen LogP contribution in [0.25, 0.3) is 11.2 Å². The average molecular weight is 508 g/mol. The lowest BCUT2D eigenvalue weighted by atomic mass is 10.2. The van der Waals surface area contributed by atoms with Gasteiger partial charge >= 0.3 is 5.69 Å². The van der Waals surface area contributed by atoms with E-state index in [-0.39, 0.29) is 6.54 Å². The second-order valence-corrected chi connectivity index (χ2v) is 9.25. The average Bonchev–Trinajstić information content (AvgIpc) is 3.29. The maximum absolute atomic E-state index is 13.7. The highest BCUT2D eigenvalue weighted by molar-refractivity contribution is 5.81. The molecule has 5 rings (SSSR count). The van der Waals surface area contributed by atoms with Crippen LogP contribution in [0.4, 0.5) is 11.6 Å². The van der Waals surface area contributed by atoms with Crippen molar-refractivity contribution in [2.24, 2.45) is 12.1 Å². The van der Waals surface area contributed by atoms with Crippen molar-refractivity contribution in [1.82, 2.24) is 18.7 Å². The Bertz CT molecular complexity index is 1700. The minimum absolute atomic E-state index is 0.169. The van der Waals surface area contributed by atoms with Crippen LogP contribution in [0.5, 0.6) is 0 Å². The molecule has 0 unspecified atom stereocenters. The van der Waals surface area contributed by atoms with E-state index in [1.807, 2.05) is 104 Å². The number of fused-ring (bicyclic) bond motifs is 1. The summed E-state index contributed by atoms with van der Waals surface area (Å²) in [6.45, 7) is 0.550. The van der Waals surface area contributed by atoms with Gasteiger partial charge in [-0.3, -0.25) is 18.5 Å². The summed E-state index contributed by atoms with van der Waals surface area (Å²) < 4.78 is 4.44. The summed E-state index contributed by atoms with van der Waals surface area (Å²) in [5.74, 6) is 0.370. The quantitative estimate of drug-likeness (QED) is 0.257. The fourth-order valence-electron chi connectivity index (χ4n) is 4.31. The van der Waals surface area contributed by atoms with Gasteiger partial charge in [-0.05, 0) is 28.8 Å². The molecule has 38 heavy (non-hydrogen) atoms. The summed E-state index contributed by atoms with van der Waals surface area (Å²) in [7, 11) is 5.61. The number of nitrogens with zero attached hydrogens (tertiary/aromatic N) is 6. The smallest absolute Gasteiger partial charge is 0.332 e. The molecule has 5 aromatic rings. The molecule has 2 aromatic heterocycles. The zero-order chi connectivity index (χ0) is 26.6. The third-order valence-corrected chi connectivity index (χ3v) is 6.39. The number of benzene rings is 3. The molecule has 3 aromatic carbocycles. The molecule has 0 saturated carbocycles. The van der Waals surface area contributed by atoms with Gasteiger partial charge in [0.15, 0.2) is 11.2 Å². The fraction of sp³-hybridized carbons (Fsp3) is 0.172. The lowest BCUT2D eigenvalue weighted by Crippen LogP contribution is -2.40. The molecule has 1 N–H and O–H groups in total. The van der Waals surface area contributed by atoms with Gasteiger partial charge in [-0.2, -0.15) is 10.1 Å². The molecule has 0 fully saturated rings. The van der Waals surface area contributed by atoms with Crippen LogP contribution in [-0.2, 0) is 20.1 Å². The maximum atomic E-state index is 13.7. The van der Waals surface area contributed by atoms with Crippen molar-refractivity contribution >= 4 is 29.0 Å². The van der Waals surface area contributed by atoms with Crippen LogP contribution in [0.2, 0.25) is 0 Å². The molecule has 0 amide bonds. The third kappa shape index (κ3) is 4.99. The standard InChI is InChI=1S/C29H29N7O2/c1-33(2)24-16-14-21(15-17-24)18-30-32-28-31-26-25(35(28)19-22-10-6-4-7-11-22)27(37)36(29(38)34(26)3)20-23-12-8-5-9-13-23/h4-18H,19-20H2,1-3H3,(H,31,32). The van der Waals surface area contributed by atoms with E-state index in [0.29, 0.717) is 23.7 Å². The van der Waals surface area contributed by atoms with Gasteiger partial charge in [0.05, 0.1) is 19.3 Å². The van der Waals surface area contributed by atoms with Crippen molar-refractivity contribution in [3.8, 4) is 0 Å². The zero-order valence-electron chi connectivity index (χ0n) is 21.6. The first-order valence-corrected chi connectivity index (χ1v) is 12.3. The topological polar surface area (TPSA) is 89.5 Å². The molecule has 9 heteroatoms. The number of aryl methyl sites for hydroxylation is 1. The number of anilines is 2. The molecule has 0 aliphatic heterocycles. The summed E-state index contributed by atoms with van der Waals surface area (Å²) in [4.78, 5) is 33.6. The van der Waals surface area contributed by atoms with Gasteiger partial charge in [-0.15, -0.1) is 0 Å². The van der Waals surface area contributed by atoms with Crippen molar-refractivity contribution in [2.45, 2.75) is 13.1 Å². The van der Waals surface area contributed by atoms with Crippen LogP contribution in [0.3, 0.4) is 0 Å². The summed E-state index contributed by atoms with van der Waals surface area (Å²) in [6.07, 6.45) is 1.69. The van der Waals surface area contributed by atoms with Crippen molar-refractivity contribution in [3.63, 3.8) is 0 Å². The minimum Gasteiger partial charge on any atom is -0.378 e. The summed E-state index contributed by atoms with van der Waals surface area (Å²) >= 11 is 0. The van der Waals surface area contributed by atoms with Gasteiger partial charge in [0, 0.05) is 26.8 Å². The van der Waals surface area contributed by atoms with Gasteiger partial charge in [-0.25, -0.2) is 10.2 Å². The first-order chi connectivity index (χ1) is 18.4. The van der Waals surface area contributed by atoms with Crippen molar-refractivity contribution in [3.05, 3.63) is 122 Å². The fourth-order valence-corrected chi connectivity index (χ4v) is 4.31. The zero-order valence-corrected chi connectivity index (χ0v) is 21.6. The van der Waals surface area contributed by atoms with Crippen molar-refractivity contribution in [2.75, 3.05) is 24.4 Å². The van der Waals surface area contributed by atoms with E-state index in [2.05, 4.69) is 15.5 Å². The van der Waals surface area contributed by atoms with Gasteiger partial charge in [0.25, 0.3) is 5.56 Å². The van der Waals surface area contributed by atoms with E-state index in [1.165, 1.54) is 9.13 Å². The SMILES string of the molecule is CN(C)c1ccc(C=NNc2nc3c(c(=O)n(Cc4ccccc4)c(=O)n3C)n2Cc2ccccc2)cc1. The van der Waals surface area contributed by atoms with E-state index < -0.39 is 11.2 Å². The Labute approximate surface area is 219 Å². The first kappa shape index (κ1) is 24.8. The predicted molar refractivity (Wildman–Crippen MR) is 152 cm³/mol. The molecule has 2 heterocycles. The largest absolute Gasteiger partial charge is 0.378 e. The molecule has 0 atom stereocenters. The maximum Gasteiger partial charge on any atom is 0.332 e. The van der Waals surface area contributed by atoms with Gasteiger partial charge in [0.2, 0.25) is 5.95 Å². The van der Waals surface area contributed by atoms with E-state index in [9.17, 15) is 9.59 Å². The number of hydrogen-bond donors (Lipinski definition) is 1. The van der Waals surface area contributed by atoms with E-state index >= 15 is 0 Å². The summed E-state index contributed by atoms with van der Waals surface area (Å²) in [5, 5.41) is 4.39. The van der Waals surface area contributed by atoms with Crippen LogP contribution in [0.1, 0.15) is 16.7 Å². The highest BCUT2D eigenvalue weighted by Gasteiger charge is 2.20. The van der Waals surface area contributed by atoms with Gasteiger partial charge in [-0.1, -0.05) is 72.8 Å². The predicted octanol–water partition coefficient (Wildman–Crippen LogP) is 3.51. The van der Waals surface area contributed by atoms with Crippen LogP contribution >= 0.6 is 0 Å². The Morgan fingerprint density at radius 1 is 0.842 bits per heavy atom. The van der Waals surface area contributed by atoms with Crippen LogP contribution in [0, 0.1) is 0 Å². The number of aromatic nitrogens is 4. The molecule has 0 bridgehead atoms. The minimum atomic E-state index is -0.424. The van der Waals surface area contributed by atoms with E-state index in [1.54, 1.807) is 17.8 Å². The molecule has 192 valence electrons. The Balaban J connectivity index is 1.58. The second kappa shape index (κ2) is 10.6. The Morgan fingerprint density at radius 3 is 2.00 bits per heavy atom.